The van der Waals surface area contributed by atoms with Gasteiger partial charge in [0, 0.05) is 33.7 Å². The number of carbonyl (C=O) groups is 1. The number of alkyl halides is 3. The average Bonchev–Trinajstić information content (AvgIpc) is 3.44. The lowest BCUT2D eigenvalue weighted by Gasteiger charge is -2.14. The van der Waals surface area contributed by atoms with Crippen molar-refractivity contribution in [3.63, 3.8) is 0 Å². The maximum Gasteiger partial charge on any atom is 0.432 e. The summed E-state index contributed by atoms with van der Waals surface area (Å²) >= 11 is 12.0. The van der Waals surface area contributed by atoms with Gasteiger partial charge in [-0.05, 0) is 48.0 Å². The molecule has 35 heavy (non-hydrogen) atoms. The second-order valence-corrected chi connectivity index (χ2v) is 8.44. The van der Waals surface area contributed by atoms with E-state index in [1.165, 1.54) is 24.4 Å². The van der Waals surface area contributed by atoms with E-state index in [2.05, 4.69) is 15.1 Å². The van der Waals surface area contributed by atoms with Gasteiger partial charge in [-0.3, -0.25) is 9.78 Å². The number of pyridine rings is 1. The summed E-state index contributed by atoms with van der Waals surface area (Å²) in [7, 11) is 0. The monoisotopic (exact) mass is 516 g/mol. The largest absolute Gasteiger partial charge is 0.432 e. The fraction of sp³-hybridized carbons (Fsp3) is 0.0833. The highest BCUT2D eigenvalue weighted by Gasteiger charge is 2.42. The number of ketones is 1. The molecule has 6 nitrogen and oxygen atoms in total. The normalized spacial score (nSPS) is 11.8. The van der Waals surface area contributed by atoms with Crippen LogP contribution in [0, 0.1) is 0 Å². The maximum atomic E-state index is 14.5. The van der Waals surface area contributed by atoms with Crippen molar-refractivity contribution in [2.24, 2.45) is 0 Å². The molecule has 0 saturated heterocycles. The van der Waals surface area contributed by atoms with Crippen LogP contribution in [-0.4, -0.2) is 25.5 Å². The summed E-state index contributed by atoms with van der Waals surface area (Å²) in [6.07, 6.45) is -3.40. The number of hydrogen-bond acceptors (Lipinski definition) is 5. The fourth-order valence-corrected chi connectivity index (χ4v) is 4.11. The third-order valence-electron chi connectivity index (χ3n) is 5.29. The molecule has 0 amide bonds. The molecule has 0 unspecified atom stereocenters. The molecule has 5 aromatic rings. The standard InChI is InChI=1S/C24H13Cl2F3N4O2/c25-14-6-4-13(5-7-14)12-33-18-9-8-15(26)11-16(18)19(21(33)24(27,28)29)20(34)22-31-23(35-32-22)17-3-1-2-10-30-17/h1-11H,12H2. The van der Waals surface area contributed by atoms with E-state index in [0.29, 0.717) is 10.6 Å². The summed E-state index contributed by atoms with van der Waals surface area (Å²) in [4.78, 5) is 21.5. The van der Waals surface area contributed by atoms with E-state index in [9.17, 15) is 18.0 Å². The van der Waals surface area contributed by atoms with Crippen LogP contribution in [0.3, 0.4) is 0 Å². The van der Waals surface area contributed by atoms with Crippen LogP contribution < -0.4 is 0 Å². The number of nitrogens with zero attached hydrogens (tertiary/aromatic N) is 4. The first-order valence-electron chi connectivity index (χ1n) is 10.2. The van der Waals surface area contributed by atoms with Crippen LogP contribution in [0.15, 0.2) is 71.4 Å². The molecule has 0 N–H and O–H groups in total. The number of rotatable bonds is 5. The van der Waals surface area contributed by atoms with Crippen LogP contribution in [0.2, 0.25) is 10.0 Å². The molecular formula is C24H13Cl2F3N4O2. The average molecular weight is 517 g/mol. The van der Waals surface area contributed by atoms with Gasteiger partial charge in [0.25, 0.3) is 5.89 Å². The van der Waals surface area contributed by atoms with Crippen molar-refractivity contribution in [2.45, 2.75) is 12.7 Å². The van der Waals surface area contributed by atoms with E-state index in [0.717, 1.165) is 4.57 Å². The molecule has 3 aromatic heterocycles. The molecule has 0 atom stereocenters. The minimum absolute atomic E-state index is 0.0213. The molecule has 0 aliphatic rings. The third kappa shape index (κ3) is 4.40. The van der Waals surface area contributed by atoms with Crippen molar-refractivity contribution in [1.29, 1.82) is 0 Å². The Kier molecular flexibility index (Phi) is 5.82. The first-order chi connectivity index (χ1) is 16.7. The van der Waals surface area contributed by atoms with Crippen molar-refractivity contribution < 1.29 is 22.5 Å². The molecule has 0 spiro atoms. The van der Waals surface area contributed by atoms with Gasteiger partial charge in [0.1, 0.15) is 11.4 Å². The zero-order valence-corrected chi connectivity index (χ0v) is 19.1. The molecule has 0 bridgehead atoms. The maximum absolute atomic E-state index is 14.5. The minimum Gasteiger partial charge on any atom is -0.332 e. The summed E-state index contributed by atoms with van der Waals surface area (Å²) in [5, 5.41) is 4.27. The molecular weight excluding hydrogens is 504 g/mol. The zero-order valence-electron chi connectivity index (χ0n) is 17.6. The van der Waals surface area contributed by atoms with E-state index in [4.69, 9.17) is 27.7 Å². The summed E-state index contributed by atoms with van der Waals surface area (Å²) in [5.41, 5.74) is -0.740. The molecule has 5 rings (SSSR count). The van der Waals surface area contributed by atoms with Crippen LogP contribution in [0.4, 0.5) is 13.2 Å². The van der Waals surface area contributed by atoms with Gasteiger partial charge in [-0.15, -0.1) is 0 Å². The van der Waals surface area contributed by atoms with Crippen molar-refractivity contribution in [1.82, 2.24) is 19.7 Å². The number of fused-ring (bicyclic) bond motifs is 1. The molecule has 0 aliphatic heterocycles. The van der Waals surface area contributed by atoms with Gasteiger partial charge in [0.05, 0.1) is 5.56 Å². The smallest absolute Gasteiger partial charge is 0.332 e. The van der Waals surface area contributed by atoms with Crippen LogP contribution in [0.5, 0.6) is 0 Å². The van der Waals surface area contributed by atoms with E-state index in [1.807, 2.05) is 0 Å². The second kappa shape index (κ2) is 8.83. The Bertz CT molecular complexity index is 1550. The number of aromatic nitrogens is 4. The summed E-state index contributed by atoms with van der Waals surface area (Å²) in [6.45, 7) is -0.164. The Balaban J connectivity index is 1.70. The van der Waals surface area contributed by atoms with E-state index in [1.54, 1.807) is 42.5 Å². The number of benzene rings is 2. The van der Waals surface area contributed by atoms with Gasteiger partial charge in [-0.2, -0.15) is 18.2 Å². The molecule has 0 saturated carbocycles. The summed E-state index contributed by atoms with van der Waals surface area (Å²) in [5.74, 6) is -1.67. The molecule has 11 heteroatoms. The molecule has 3 heterocycles. The van der Waals surface area contributed by atoms with E-state index >= 15 is 0 Å². The first kappa shape index (κ1) is 23.1. The Morgan fingerprint density at radius 2 is 1.74 bits per heavy atom. The Morgan fingerprint density at radius 1 is 1.00 bits per heavy atom. The van der Waals surface area contributed by atoms with E-state index < -0.39 is 29.0 Å². The number of halogens is 5. The highest BCUT2D eigenvalue weighted by Crippen LogP contribution is 2.40. The Morgan fingerprint density at radius 3 is 2.43 bits per heavy atom. The van der Waals surface area contributed by atoms with Crippen molar-refractivity contribution in [3.8, 4) is 11.6 Å². The van der Waals surface area contributed by atoms with Crippen LogP contribution in [-0.2, 0) is 12.7 Å². The van der Waals surface area contributed by atoms with Gasteiger partial charge in [-0.1, -0.05) is 46.6 Å². The predicted molar refractivity (Wildman–Crippen MR) is 123 cm³/mol. The van der Waals surface area contributed by atoms with Gasteiger partial charge in [-0.25, -0.2) is 0 Å². The van der Waals surface area contributed by atoms with Crippen LogP contribution in [0.1, 0.15) is 27.4 Å². The van der Waals surface area contributed by atoms with Gasteiger partial charge in [0.15, 0.2) is 0 Å². The minimum atomic E-state index is -4.88. The molecule has 0 radical (unpaired) electrons. The highest BCUT2D eigenvalue weighted by molar-refractivity contribution is 6.32. The lowest BCUT2D eigenvalue weighted by atomic mass is 10.1. The third-order valence-corrected chi connectivity index (χ3v) is 5.78. The SMILES string of the molecule is O=C(c1noc(-c2ccccn2)n1)c1c(C(F)(F)F)n(Cc2ccc(Cl)cc2)c2ccc(Cl)cc12. The number of hydrogen-bond donors (Lipinski definition) is 0. The first-order valence-corrected chi connectivity index (χ1v) is 10.9. The van der Waals surface area contributed by atoms with Crippen molar-refractivity contribution >= 4 is 39.9 Å². The molecule has 0 fully saturated rings. The van der Waals surface area contributed by atoms with Crippen LogP contribution in [0.25, 0.3) is 22.5 Å². The Hall–Kier alpha value is -3.69. The van der Waals surface area contributed by atoms with Gasteiger partial charge in [0.2, 0.25) is 11.6 Å². The topological polar surface area (TPSA) is 73.8 Å². The lowest BCUT2D eigenvalue weighted by Crippen LogP contribution is -2.19. The molecule has 2 aromatic carbocycles. The Labute approximate surface area is 205 Å². The summed E-state index contributed by atoms with van der Waals surface area (Å²) < 4.78 is 49.5. The summed E-state index contributed by atoms with van der Waals surface area (Å²) in [6, 6.07) is 15.5. The molecule has 0 aliphatic carbocycles. The number of carbonyl (C=O) groups excluding carboxylic acids is 1. The van der Waals surface area contributed by atoms with Gasteiger partial charge >= 0.3 is 6.18 Å². The van der Waals surface area contributed by atoms with Crippen LogP contribution >= 0.6 is 23.2 Å². The molecule has 176 valence electrons. The quantitative estimate of drug-likeness (QED) is 0.243. The lowest BCUT2D eigenvalue weighted by molar-refractivity contribution is -0.143. The fourth-order valence-electron chi connectivity index (χ4n) is 3.81. The second-order valence-electron chi connectivity index (χ2n) is 7.56. The van der Waals surface area contributed by atoms with Crippen molar-refractivity contribution in [2.75, 3.05) is 0 Å². The van der Waals surface area contributed by atoms with E-state index in [-0.39, 0.29) is 34.1 Å². The predicted octanol–water partition coefficient (Wildman–Crippen LogP) is 6.69. The van der Waals surface area contributed by atoms with Crippen molar-refractivity contribution in [3.05, 3.63) is 99.6 Å². The van der Waals surface area contributed by atoms with Gasteiger partial charge < -0.3 is 9.09 Å². The zero-order chi connectivity index (χ0) is 24.7. The highest BCUT2D eigenvalue weighted by atomic mass is 35.5.